The molecule has 0 amide bonds. The van der Waals surface area contributed by atoms with E-state index in [9.17, 15) is 9.59 Å². The van der Waals surface area contributed by atoms with Crippen molar-refractivity contribution in [2.24, 2.45) is 0 Å². The Kier molecular flexibility index (Phi) is 6.42. The van der Waals surface area contributed by atoms with Crippen LogP contribution < -0.4 is 4.74 Å². The molecular weight excluding hydrogens is 322 g/mol. The van der Waals surface area contributed by atoms with Crippen LogP contribution in [0.15, 0.2) is 24.3 Å². The van der Waals surface area contributed by atoms with Crippen molar-refractivity contribution in [1.82, 2.24) is 4.90 Å². The number of hydrogen-bond acceptors (Lipinski definition) is 6. The fraction of sp³-hybridized carbons (Fsp3) is 0.579. The minimum absolute atomic E-state index is 0.203. The van der Waals surface area contributed by atoms with E-state index in [1.165, 1.54) is 0 Å². The first-order valence-electron chi connectivity index (χ1n) is 8.67. The first kappa shape index (κ1) is 19.2. The van der Waals surface area contributed by atoms with Crippen molar-refractivity contribution in [2.45, 2.75) is 52.2 Å². The summed E-state index contributed by atoms with van der Waals surface area (Å²) in [7, 11) is 0. The molecule has 1 aliphatic rings. The van der Waals surface area contributed by atoms with E-state index in [1.807, 2.05) is 25.7 Å². The lowest BCUT2D eigenvalue weighted by Crippen LogP contribution is -2.42. The highest BCUT2D eigenvalue weighted by Gasteiger charge is 2.34. The number of ether oxygens (including phenoxy) is 3. The van der Waals surface area contributed by atoms with Crippen LogP contribution in [-0.4, -0.2) is 48.4 Å². The van der Waals surface area contributed by atoms with Gasteiger partial charge in [-0.15, -0.1) is 0 Å². The van der Waals surface area contributed by atoms with Crippen LogP contribution in [0.25, 0.3) is 0 Å². The minimum atomic E-state index is -0.491. The molecule has 1 aromatic carbocycles. The number of rotatable bonds is 6. The highest BCUT2D eigenvalue weighted by atomic mass is 16.6. The minimum Gasteiger partial charge on any atom is -0.478 e. The second kappa shape index (κ2) is 8.34. The Morgan fingerprint density at radius 1 is 1.20 bits per heavy atom. The molecule has 0 unspecified atom stereocenters. The topological polar surface area (TPSA) is 65.1 Å². The zero-order chi connectivity index (χ0) is 18.4. The van der Waals surface area contributed by atoms with Gasteiger partial charge in [0.2, 0.25) is 0 Å². The van der Waals surface area contributed by atoms with Crippen LogP contribution in [0.4, 0.5) is 0 Å². The molecule has 1 aromatic rings. The van der Waals surface area contributed by atoms with Gasteiger partial charge in [0.15, 0.2) is 0 Å². The average molecular weight is 349 g/mol. The van der Waals surface area contributed by atoms with E-state index in [0.29, 0.717) is 24.7 Å². The van der Waals surface area contributed by atoms with Gasteiger partial charge in [-0.05, 0) is 64.8 Å². The van der Waals surface area contributed by atoms with E-state index in [0.717, 1.165) is 19.4 Å². The monoisotopic (exact) mass is 349 g/mol. The highest BCUT2D eigenvalue weighted by molar-refractivity contribution is 5.89. The molecule has 138 valence electrons. The van der Waals surface area contributed by atoms with Crippen LogP contribution in [0.3, 0.4) is 0 Å². The molecule has 6 heteroatoms. The molecule has 1 fully saturated rings. The summed E-state index contributed by atoms with van der Waals surface area (Å²) in [6.45, 7) is 8.82. The van der Waals surface area contributed by atoms with Crippen molar-refractivity contribution in [3.05, 3.63) is 29.8 Å². The molecule has 1 saturated heterocycles. The zero-order valence-electron chi connectivity index (χ0n) is 15.4. The summed E-state index contributed by atoms with van der Waals surface area (Å²) in [5.41, 5.74) is -0.00298. The predicted molar refractivity (Wildman–Crippen MR) is 93.5 cm³/mol. The Bertz CT molecular complexity index is 591. The van der Waals surface area contributed by atoms with E-state index in [2.05, 4.69) is 0 Å². The molecule has 1 heterocycles. The maximum Gasteiger partial charge on any atom is 0.338 e. The van der Waals surface area contributed by atoms with E-state index >= 15 is 0 Å². The van der Waals surface area contributed by atoms with E-state index in [1.54, 1.807) is 31.2 Å². The summed E-state index contributed by atoms with van der Waals surface area (Å²) < 4.78 is 16.2. The van der Waals surface area contributed by atoms with E-state index in [-0.39, 0.29) is 18.0 Å². The Labute approximate surface area is 149 Å². The number of carbonyl (C=O) groups is 2. The lowest BCUT2D eigenvalue weighted by molar-refractivity contribution is -0.161. The predicted octanol–water partition coefficient (Wildman–Crippen LogP) is 3.01. The van der Waals surface area contributed by atoms with Crippen LogP contribution in [0.2, 0.25) is 0 Å². The van der Waals surface area contributed by atoms with Crippen LogP contribution in [0, 0.1) is 0 Å². The molecule has 6 nitrogen and oxygen atoms in total. The molecule has 0 aromatic heterocycles. The van der Waals surface area contributed by atoms with Crippen molar-refractivity contribution in [2.75, 3.05) is 19.9 Å². The van der Waals surface area contributed by atoms with Crippen molar-refractivity contribution >= 4 is 11.9 Å². The second-order valence-electron chi connectivity index (χ2n) is 7.02. The quantitative estimate of drug-likeness (QED) is 0.736. The molecule has 0 spiro atoms. The van der Waals surface area contributed by atoms with Crippen LogP contribution >= 0.6 is 0 Å². The molecular formula is C19H27NO5. The molecule has 0 radical (unpaired) electrons. The average Bonchev–Trinajstić information content (AvgIpc) is 3.01. The molecule has 1 aliphatic heterocycles. The number of hydrogen-bond donors (Lipinski definition) is 0. The summed E-state index contributed by atoms with van der Waals surface area (Å²) in [5, 5.41) is 0. The second-order valence-corrected chi connectivity index (χ2v) is 7.02. The molecule has 0 N–H and O–H groups in total. The molecule has 25 heavy (non-hydrogen) atoms. The Balaban J connectivity index is 1.89. The van der Waals surface area contributed by atoms with Crippen molar-refractivity contribution in [3.63, 3.8) is 0 Å². The number of esters is 2. The SMILES string of the molecule is CCOC(=O)c1ccc(OCN2CCC[C@@H]2C(=O)OC(C)(C)C)cc1. The third-order valence-corrected chi connectivity index (χ3v) is 3.81. The zero-order valence-corrected chi connectivity index (χ0v) is 15.4. The maximum absolute atomic E-state index is 12.3. The lowest BCUT2D eigenvalue weighted by Gasteiger charge is -2.27. The van der Waals surface area contributed by atoms with Gasteiger partial charge in [0.25, 0.3) is 0 Å². The standard InChI is InChI=1S/C19H27NO5/c1-5-23-17(21)14-8-10-15(11-9-14)24-13-20-12-6-7-16(20)18(22)25-19(2,3)4/h8-11,16H,5-7,12-13H2,1-4H3/t16-/m1/s1. The first-order chi connectivity index (χ1) is 11.8. The largest absolute Gasteiger partial charge is 0.478 e. The normalized spacial score (nSPS) is 18.0. The molecule has 0 bridgehead atoms. The number of likely N-dealkylation sites (tertiary alicyclic amines) is 1. The lowest BCUT2D eigenvalue weighted by atomic mass is 10.1. The van der Waals surface area contributed by atoms with Gasteiger partial charge in [-0.25, -0.2) is 4.79 Å². The summed E-state index contributed by atoms with van der Waals surface area (Å²) in [5.74, 6) is 0.0905. The fourth-order valence-corrected chi connectivity index (χ4v) is 2.68. The molecule has 2 rings (SSSR count). The van der Waals surface area contributed by atoms with Crippen molar-refractivity contribution in [3.8, 4) is 5.75 Å². The van der Waals surface area contributed by atoms with Crippen molar-refractivity contribution in [1.29, 1.82) is 0 Å². The molecule has 0 aliphatic carbocycles. The van der Waals surface area contributed by atoms with Gasteiger partial charge < -0.3 is 14.2 Å². The summed E-state index contributed by atoms with van der Waals surface area (Å²) in [6.07, 6.45) is 1.72. The Hall–Kier alpha value is -2.08. The Morgan fingerprint density at radius 3 is 2.48 bits per heavy atom. The molecule has 0 saturated carbocycles. The van der Waals surface area contributed by atoms with Gasteiger partial charge in [-0.1, -0.05) is 0 Å². The first-order valence-corrected chi connectivity index (χ1v) is 8.67. The van der Waals surface area contributed by atoms with Crippen LogP contribution in [-0.2, 0) is 14.3 Å². The van der Waals surface area contributed by atoms with Gasteiger partial charge in [0.05, 0.1) is 12.2 Å². The third kappa shape index (κ3) is 5.74. The number of nitrogens with zero attached hydrogens (tertiary/aromatic N) is 1. The highest BCUT2D eigenvalue weighted by Crippen LogP contribution is 2.22. The summed E-state index contributed by atoms with van der Waals surface area (Å²) >= 11 is 0. The van der Waals surface area contributed by atoms with E-state index in [4.69, 9.17) is 14.2 Å². The number of carbonyl (C=O) groups excluding carboxylic acids is 2. The fourth-order valence-electron chi connectivity index (χ4n) is 2.68. The third-order valence-electron chi connectivity index (χ3n) is 3.81. The molecule has 1 atom stereocenters. The van der Waals surface area contributed by atoms with Gasteiger partial charge in [0, 0.05) is 6.54 Å². The maximum atomic E-state index is 12.3. The van der Waals surface area contributed by atoms with Crippen LogP contribution in [0.1, 0.15) is 50.9 Å². The number of benzene rings is 1. The van der Waals surface area contributed by atoms with Crippen molar-refractivity contribution < 1.29 is 23.8 Å². The van der Waals surface area contributed by atoms with Crippen LogP contribution in [0.5, 0.6) is 5.75 Å². The van der Waals surface area contributed by atoms with Gasteiger partial charge in [0.1, 0.15) is 24.1 Å². The summed E-state index contributed by atoms with van der Waals surface area (Å²) in [6, 6.07) is 6.53. The summed E-state index contributed by atoms with van der Waals surface area (Å²) in [4.78, 5) is 25.9. The van der Waals surface area contributed by atoms with E-state index < -0.39 is 5.60 Å². The van der Waals surface area contributed by atoms with Gasteiger partial charge in [-0.3, -0.25) is 9.69 Å². The van der Waals surface area contributed by atoms with Gasteiger partial charge in [-0.2, -0.15) is 0 Å². The van der Waals surface area contributed by atoms with Gasteiger partial charge >= 0.3 is 11.9 Å². The Morgan fingerprint density at radius 2 is 1.88 bits per heavy atom. The smallest absolute Gasteiger partial charge is 0.338 e.